The van der Waals surface area contributed by atoms with Gasteiger partial charge in [-0.05, 0) is 50.0 Å². The molecule has 0 atom stereocenters. The maximum absolute atomic E-state index is 12.6. The first kappa shape index (κ1) is 18.6. The number of rotatable bonds is 6. The van der Waals surface area contributed by atoms with Crippen molar-refractivity contribution in [3.8, 4) is 5.69 Å². The van der Waals surface area contributed by atoms with E-state index in [9.17, 15) is 13.2 Å². The molecule has 26 heavy (non-hydrogen) atoms. The number of sulfone groups is 1. The van der Waals surface area contributed by atoms with Crippen LogP contribution in [-0.2, 0) is 21.1 Å². The van der Waals surface area contributed by atoms with Crippen LogP contribution in [0.4, 0.5) is 0 Å². The fraction of sp³-hybridized carbons (Fsp3) is 0.444. The van der Waals surface area contributed by atoms with Crippen LogP contribution in [0, 0.1) is 0 Å². The van der Waals surface area contributed by atoms with Crippen LogP contribution in [0.1, 0.15) is 18.4 Å². The van der Waals surface area contributed by atoms with E-state index in [1.165, 1.54) is 0 Å². The molecule has 0 radical (unpaired) electrons. The third-order valence-electron chi connectivity index (χ3n) is 4.89. The number of para-hydroxylation sites is 1. The van der Waals surface area contributed by atoms with Gasteiger partial charge in [0.15, 0.2) is 14.6 Å². The third-order valence-corrected chi connectivity index (χ3v) is 6.90. The number of piperidine rings is 1. The molecule has 1 aliphatic rings. The van der Waals surface area contributed by atoms with Crippen molar-refractivity contribution in [1.82, 2.24) is 20.4 Å². The highest BCUT2D eigenvalue weighted by Crippen LogP contribution is 2.27. The van der Waals surface area contributed by atoms with Crippen LogP contribution >= 0.6 is 0 Å². The van der Waals surface area contributed by atoms with Gasteiger partial charge < -0.3 is 10.6 Å². The molecular formula is C18H24N4O3S. The fourth-order valence-corrected chi connectivity index (χ4v) is 4.64. The maximum Gasteiger partial charge on any atom is 0.241 e. The van der Waals surface area contributed by atoms with Gasteiger partial charge in [-0.25, -0.2) is 13.1 Å². The molecule has 7 nitrogen and oxygen atoms in total. The van der Waals surface area contributed by atoms with Gasteiger partial charge in [0.2, 0.25) is 5.91 Å². The molecule has 0 spiro atoms. The minimum atomic E-state index is -3.48. The van der Waals surface area contributed by atoms with E-state index in [2.05, 4.69) is 15.7 Å². The second-order valence-electron chi connectivity index (χ2n) is 6.65. The summed E-state index contributed by atoms with van der Waals surface area (Å²) in [5.41, 5.74) is 1.95. The van der Waals surface area contributed by atoms with E-state index in [0.717, 1.165) is 17.5 Å². The molecule has 1 saturated heterocycles. The summed E-state index contributed by atoms with van der Waals surface area (Å²) in [4.78, 5) is 12.6. The van der Waals surface area contributed by atoms with E-state index in [1.807, 2.05) is 36.5 Å². The summed E-state index contributed by atoms with van der Waals surface area (Å²) in [7, 11) is -3.48. The first-order valence-corrected chi connectivity index (χ1v) is 10.6. The smallest absolute Gasteiger partial charge is 0.241 e. The molecule has 2 aromatic rings. The Kier molecular flexibility index (Phi) is 5.43. The maximum atomic E-state index is 12.6. The summed E-state index contributed by atoms with van der Waals surface area (Å²) in [6.07, 6.45) is 6.04. The van der Waals surface area contributed by atoms with Crippen molar-refractivity contribution in [2.45, 2.75) is 24.0 Å². The highest BCUT2D eigenvalue weighted by Gasteiger charge is 2.48. The largest absolute Gasteiger partial charge is 0.354 e. The molecule has 1 aromatic heterocycles. The molecule has 2 heterocycles. The van der Waals surface area contributed by atoms with E-state index in [0.29, 0.717) is 38.9 Å². The van der Waals surface area contributed by atoms with Crippen molar-refractivity contribution in [3.05, 3.63) is 48.3 Å². The molecular weight excluding hydrogens is 352 g/mol. The van der Waals surface area contributed by atoms with Crippen molar-refractivity contribution in [2.24, 2.45) is 0 Å². The lowest BCUT2D eigenvalue weighted by Crippen LogP contribution is -2.57. The Hall–Kier alpha value is -2.19. The molecule has 0 saturated carbocycles. The third kappa shape index (κ3) is 3.81. The summed E-state index contributed by atoms with van der Waals surface area (Å²) in [6.45, 7) is 1.44. The number of hydrogen-bond donors (Lipinski definition) is 2. The summed E-state index contributed by atoms with van der Waals surface area (Å²) < 4.78 is 24.9. The van der Waals surface area contributed by atoms with Crippen LogP contribution in [0.15, 0.2) is 42.7 Å². The van der Waals surface area contributed by atoms with E-state index in [4.69, 9.17) is 0 Å². The van der Waals surface area contributed by atoms with E-state index in [-0.39, 0.29) is 0 Å². The number of nitrogens with zero attached hydrogens (tertiary/aromatic N) is 2. The average Bonchev–Trinajstić information content (AvgIpc) is 3.11. The predicted molar refractivity (Wildman–Crippen MR) is 100.0 cm³/mol. The van der Waals surface area contributed by atoms with E-state index >= 15 is 0 Å². The topological polar surface area (TPSA) is 93.1 Å². The number of aromatic nitrogens is 2. The van der Waals surface area contributed by atoms with Gasteiger partial charge in [0, 0.05) is 19.0 Å². The summed E-state index contributed by atoms with van der Waals surface area (Å²) in [5, 5.41) is 10.3. The van der Waals surface area contributed by atoms with Gasteiger partial charge >= 0.3 is 0 Å². The Bertz CT molecular complexity index is 856. The quantitative estimate of drug-likeness (QED) is 0.774. The Morgan fingerprint density at radius 1 is 1.27 bits per heavy atom. The number of carbonyl (C=O) groups is 1. The molecule has 1 fully saturated rings. The van der Waals surface area contributed by atoms with Gasteiger partial charge in [-0.1, -0.05) is 18.2 Å². The normalized spacial score (nSPS) is 17.0. The number of nitrogens with one attached hydrogen (secondary N) is 2. The van der Waals surface area contributed by atoms with Gasteiger partial charge in [-0.2, -0.15) is 5.10 Å². The minimum Gasteiger partial charge on any atom is -0.354 e. The van der Waals surface area contributed by atoms with Crippen LogP contribution in [0.25, 0.3) is 5.69 Å². The monoisotopic (exact) mass is 376 g/mol. The molecule has 3 rings (SSSR count). The van der Waals surface area contributed by atoms with Crippen molar-refractivity contribution in [2.75, 3.05) is 25.9 Å². The van der Waals surface area contributed by atoms with Crippen molar-refractivity contribution in [3.63, 3.8) is 0 Å². The van der Waals surface area contributed by atoms with Crippen molar-refractivity contribution < 1.29 is 13.2 Å². The molecule has 0 bridgehead atoms. The Labute approximate surface area is 153 Å². The molecule has 0 aliphatic carbocycles. The summed E-state index contributed by atoms with van der Waals surface area (Å²) >= 11 is 0. The highest BCUT2D eigenvalue weighted by molar-refractivity contribution is 7.92. The van der Waals surface area contributed by atoms with Crippen LogP contribution in [0.2, 0.25) is 0 Å². The second-order valence-corrected chi connectivity index (χ2v) is 8.98. The zero-order chi connectivity index (χ0) is 18.6. The lowest BCUT2D eigenvalue weighted by molar-refractivity contribution is -0.124. The van der Waals surface area contributed by atoms with Crippen LogP contribution in [0.3, 0.4) is 0 Å². The summed E-state index contributed by atoms with van der Waals surface area (Å²) in [6, 6.07) is 9.76. The Balaban J connectivity index is 1.61. The number of carbonyl (C=O) groups excluding carboxylic acids is 1. The number of amides is 1. The van der Waals surface area contributed by atoms with Crippen LogP contribution in [0.5, 0.6) is 0 Å². The zero-order valence-electron chi connectivity index (χ0n) is 14.8. The van der Waals surface area contributed by atoms with Gasteiger partial charge in [0.1, 0.15) is 0 Å². The van der Waals surface area contributed by atoms with Crippen LogP contribution < -0.4 is 10.6 Å². The second kappa shape index (κ2) is 7.59. The first-order chi connectivity index (χ1) is 12.4. The first-order valence-electron chi connectivity index (χ1n) is 8.70. The van der Waals surface area contributed by atoms with Gasteiger partial charge in [-0.15, -0.1) is 0 Å². The van der Waals surface area contributed by atoms with Crippen molar-refractivity contribution >= 4 is 15.7 Å². The lowest BCUT2D eigenvalue weighted by atomic mass is 9.96. The van der Waals surface area contributed by atoms with Gasteiger partial charge in [0.25, 0.3) is 0 Å². The molecule has 1 aliphatic heterocycles. The molecule has 1 aromatic carbocycles. The Morgan fingerprint density at radius 3 is 2.62 bits per heavy atom. The Morgan fingerprint density at radius 2 is 1.96 bits per heavy atom. The summed E-state index contributed by atoms with van der Waals surface area (Å²) in [5.74, 6) is -0.392. The predicted octanol–water partition coefficient (Wildman–Crippen LogP) is 0.698. The number of benzene rings is 1. The minimum absolute atomic E-state index is 0.309. The zero-order valence-corrected chi connectivity index (χ0v) is 15.6. The van der Waals surface area contributed by atoms with Crippen molar-refractivity contribution in [1.29, 1.82) is 0 Å². The van der Waals surface area contributed by atoms with Gasteiger partial charge in [0.05, 0.1) is 11.9 Å². The lowest BCUT2D eigenvalue weighted by Gasteiger charge is -2.34. The molecule has 1 amide bonds. The molecule has 8 heteroatoms. The van der Waals surface area contributed by atoms with Gasteiger partial charge in [-0.3, -0.25) is 4.79 Å². The standard InChI is InChI=1S/C18H24N4O3S/c1-26(24,25)18(8-11-19-12-9-18)17(23)20-10-7-15-13-21-22(14-15)16-5-3-2-4-6-16/h2-6,13-14,19H,7-12H2,1H3,(H,20,23). The SMILES string of the molecule is CS(=O)(=O)C1(C(=O)NCCc2cnn(-c3ccccc3)c2)CCNCC1. The molecule has 0 unspecified atom stereocenters. The molecule has 140 valence electrons. The van der Waals surface area contributed by atoms with Crippen LogP contribution in [-0.4, -0.2) is 54.7 Å². The van der Waals surface area contributed by atoms with E-state index in [1.54, 1.807) is 10.9 Å². The fourth-order valence-electron chi connectivity index (χ4n) is 3.29. The molecule has 2 N–H and O–H groups in total. The average molecular weight is 376 g/mol. The number of hydrogen-bond acceptors (Lipinski definition) is 5. The van der Waals surface area contributed by atoms with E-state index < -0.39 is 20.5 Å². The highest BCUT2D eigenvalue weighted by atomic mass is 32.2.